The molecule has 0 unspecified atom stereocenters. The molecule has 0 bridgehead atoms. The normalized spacial score (nSPS) is 11.3. The van der Waals surface area contributed by atoms with Crippen molar-refractivity contribution in [2.45, 2.75) is 77.6 Å². The molecular weight excluding hydrogens is 212 g/mol. The van der Waals surface area contributed by atoms with Gasteiger partial charge in [-0.05, 0) is 38.0 Å². The van der Waals surface area contributed by atoms with E-state index in [1.807, 2.05) is 0 Å². The molecule has 0 aromatic rings. The molecule has 0 aliphatic rings. The summed E-state index contributed by atoms with van der Waals surface area (Å²) < 4.78 is 0. The van der Waals surface area contributed by atoms with Crippen molar-refractivity contribution in [2.24, 2.45) is 0 Å². The van der Waals surface area contributed by atoms with Gasteiger partial charge >= 0.3 is 0 Å². The Balaban J connectivity index is 3.56. The van der Waals surface area contributed by atoms with E-state index in [4.69, 9.17) is 10.2 Å². The smallest absolute Gasteiger partial charge is 0.0431 e. The molecule has 1 radical (unpaired) electrons. The van der Waals surface area contributed by atoms with Crippen molar-refractivity contribution < 1.29 is 10.2 Å². The van der Waals surface area contributed by atoms with E-state index in [1.54, 1.807) is 5.92 Å². The molecule has 17 heavy (non-hydrogen) atoms. The third-order valence-electron chi connectivity index (χ3n) is 3.26. The van der Waals surface area contributed by atoms with Gasteiger partial charge in [0.2, 0.25) is 0 Å². The van der Waals surface area contributed by atoms with Gasteiger partial charge in [-0.3, -0.25) is 0 Å². The molecule has 0 aromatic carbocycles. The van der Waals surface area contributed by atoms with Crippen LogP contribution in [0.25, 0.3) is 0 Å². The number of hydrogen-bond acceptors (Lipinski definition) is 2. The van der Waals surface area contributed by atoms with Gasteiger partial charge in [0, 0.05) is 13.2 Å². The Kier molecular flexibility index (Phi) is 13.9. The van der Waals surface area contributed by atoms with E-state index in [0.717, 1.165) is 25.7 Å². The van der Waals surface area contributed by atoms with E-state index in [1.165, 1.54) is 44.9 Å². The lowest BCUT2D eigenvalue weighted by Gasteiger charge is -2.15. The summed E-state index contributed by atoms with van der Waals surface area (Å²) in [4.78, 5) is 0. The van der Waals surface area contributed by atoms with E-state index in [-0.39, 0.29) is 0 Å². The number of aliphatic hydroxyl groups excluding tert-OH is 2. The molecule has 0 aliphatic heterocycles. The van der Waals surface area contributed by atoms with Crippen LogP contribution in [-0.2, 0) is 0 Å². The fraction of sp³-hybridized carbons (Fsp3) is 0.933. The van der Waals surface area contributed by atoms with Crippen molar-refractivity contribution in [3.05, 3.63) is 5.92 Å². The highest BCUT2D eigenvalue weighted by Crippen LogP contribution is 2.24. The topological polar surface area (TPSA) is 40.5 Å². The molecule has 0 saturated carbocycles. The first-order chi connectivity index (χ1) is 8.35. The fourth-order valence-corrected chi connectivity index (χ4v) is 2.13. The average molecular weight is 243 g/mol. The van der Waals surface area contributed by atoms with Crippen molar-refractivity contribution in [2.75, 3.05) is 13.2 Å². The highest BCUT2D eigenvalue weighted by atomic mass is 16.3. The molecule has 0 aromatic heterocycles. The van der Waals surface area contributed by atoms with Gasteiger partial charge in [0.15, 0.2) is 0 Å². The van der Waals surface area contributed by atoms with Crippen molar-refractivity contribution >= 4 is 0 Å². The second-order valence-electron chi connectivity index (χ2n) is 4.92. The maximum absolute atomic E-state index is 8.74. The fourth-order valence-electron chi connectivity index (χ4n) is 2.13. The van der Waals surface area contributed by atoms with Crippen molar-refractivity contribution in [3.63, 3.8) is 0 Å². The highest BCUT2D eigenvalue weighted by molar-refractivity contribution is 4.88. The Bertz CT molecular complexity index is 125. The van der Waals surface area contributed by atoms with Crippen LogP contribution in [0.5, 0.6) is 0 Å². The minimum absolute atomic E-state index is 0.334. The van der Waals surface area contributed by atoms with Gasteiger partial charge in [0.25, 0.3) is 0 Å². The van der Waals surface area contributed by atoms with Crippen LogP contribution in [0.15, 0.2) is 0 Å². The summed E-state index contributed by atoms with van der Waals surface area (Å²) in [5.41, 5.74) is 0. The Morgan fingerprint density at radius 3 is 1.53 bits per heavy atom. The lowest BCUT2D eigenvalue weighted by molar-refractivity contribution is 0.281. The maximum Gasteiger partial charge on any atom is 0.0431 e. The Morgan fingerprint density at radius 1 is 0.647 bits per heavy atom. The highest BCUT2D eigenvalue weighted by Gasteiger charge is 2.08. The summed E-state index contributed by atoms with van der Waals surface area (Å²) in [7, 11) is 0. The Hall–Kier alpha value is -0.0800. The SMILES string of the molecule is CCCC[C](CCCCCO)CCCCCO. The zero-order chi connectivity index (χ0) is 12.8. The molecule has 0 atom stereocenters. The van der Waals surface area contributed by atoms with Gasteiger partial charge in [-0.15, -0.1) is 0 Å². The van der Waals surface area contributed by atoms with Crippen LogP contribution >= 0.6 is 0 Å². The van der Waals surface area contributed by atoms with Gasteiger partial charge < -0.3 is 10.2 Å². The number of hydrogen-bond donors (Lipinski definition) is 2. The molecule has 0 fully saturated rings. The van der Waals surface area contributed by atoms with Gasteiger partial charge in [-0.1, -0.05) is 45.4 Å². The minimum Gasteiger partial charge on any atom is -0.396 e. The molecule has 0 spiro atoms. The van der Waals surface area contributed by atoms with Crippen LogP contribution in [0, 0.1) is 5.92 Å². The number of unbranched alkanes of at least 4 members (excludes halogenated alkanes) is 5. The third kappa shape index (κ3) is 12.2. The molecule has 2 heteroatoms. The van der Waals surface area contributed by atoms with Crippen LogP contribution < -0.4 is 0 Å². The number of aliphatic hydroxyl groups is 2. The number of rotatable bonds is 13. The van der Waals surface area contributed by atoms with Gasteiger partial charge in [0.05, 0.1) is 0 Å². The first kappa shape index (κ1) is 16.9. The lowest BCUT2D eigenvalue weighted by Crippen LogP contribution is -1.99. The lowest BCUT2D eigenvalue weighted by atomic mass is 9.90. The molecule has 0 amide bonds. The average Bonchev–Trinajstić information content (AvgIpc) is 2.35. The summed E-state index contributed by atoms with van der Waals surface area (Å²) in [6.45, 7) is 2.91. The first-order valence-electron chi connectivity index (χ1n) is 7.40. The predicted octanol–water partition coefficient (Wildman–Crippen LogP) is 3.86. The second kappa shape index (κ2) is 14.0. The van der Waals surface area contributed by atoms with Crippen molar-refractivity contribution in [1.29, 1.82) is 0 Å². The largest absolute Gasteiger partial charge is 0.396 e. The molecule has 0 saturated heterocycles. The van der Waals surface area contributed by atoms with Gasteiger partial charge in [-0.2, -0.15) is 0 Å². The van der Waals surface area contributed by atoms with E-state index in [2.05, 4.69) is 6.92 Å². The summed E-state index contributed by atoms with van der Waals surface area (Å²) in [6, 6.07) is 0. The second-order valence-corrected chi connectivity index (χ2v) is 4.92. The minimum atomic E-state index is 0.334. The van der Waals surface area contributed by atoms with E-state index in [9.17, 15) is 0 Å². The summed E-state index contributed by atoms with van der Waals surface area (Å²) in [5, 5.41) is 17.5. The van der Waals surface area contributed by atoms with Crippen LogP contribution in [0.4, 0.5) is 0 Å². The van der Waals surface area contributed by atoms with Gasteiger partial charge in [0.1, 0.15) is 0 Å². The quantitative estimate of drug-likeness (QED) is 0.482. The van der Waals surface area contributed by atoms with Crippen molar-refractivity contribution in [1.82, 2.24) is 0 Å². The van der Waals surface area contributed by atoms with Crippen LogP contribution in [-0.4, -0.2) is 23.4 Å². The zero-order valence-electron chi connectivity index (χ0n) is 11.6. The summed E-state index contributed by atoms with van der Waals surface area (Å²) in [5.74, 6) is 1.71. The molecular formula is C15H31O2. The molecule has 2 nitrogen and oxygen atoms in total. The zero-order valence-corrected chi connectivity index (χ0v) is 11.6. The summed E-state index contributed by atoms with van der Waals surface area (Å²) in [6.07, 6.45) is 13.1. The van der Waals surface area contributed by atoms with E-state index in [0.29, 0.717) is 13.2 Å². The van der Waals surface area contributed by atoms with Crippen LogP contribution in [0.2, 0.25) is 0 Å². The first-order valence-corrected chi connectivity index (χ1v) is 7.40. The Morgan fingerprint density at radius 2 is 1.12 bits per heavy atom. The van der Waals surface area contributed by atoms with Crippen molar-refractivity contribution in [3.8, 4) is 0 Å². The third-order valence-corrected chi connectivity index (χ3v) is 3.26. The molecule has 0 rings (SSSR count). The van der Waals surface area contributed by atoms with Crippen LogP contribution in [0.3, 0.4) is 0 Å². The molecule has 0 aliphatic carbocycles. The van der Waals surface area contributed by atoms with Gasteiger partial charge in [-0.25, -0.2) is 0 Å². The monoisotopic (exact) mass is 243 g/mol. The van der Waals surface area contributed by atoms with E-state index >= 15 is 0 Å². The van der Waals surface area contributed by atoms with E-state index < -0.39 is 0 Å². The standard InChI is InChI=1S/C15H31O2/c1-2-3-10-15(11-6-4-8-13-16)12-7-5-9-14-17/h16-17H,2-14H2,1H3. The Labute approximate surface area is 107 Å². The predicted molar refractivity (Wildman–Crippen MR) is 73.9 cm³/mol. The maximum atomic E-state index is 8.74. The summed E-state index contributed by atoms with van der Waals surface area (Å²) >= 11 is 0. The molecule has 103 valence electrons. The van der Waals surface area contributed by atoms with Crippen LogP contribution in [0.1, 0.15) is 77.6 Å². The molecule has 2 N–H and O–H groups in total. The molecule has 0 heterocycles.